The molecule has 0 heterocycles. The molecule has 0 aromatic heterocycles. The van der Waals surface area contributed by atoms with Gasteiger partial charge in [0.25, 0.3) is 0 Å². The molecule has 0 aliphatic carbocycles. The Morgan fingerprint density at radius 3 is 1.76 bits per heavy atom. The van der Waals surface area contributed by atoms with Crippen molar-refractivity contribution in [1.82, 2.24) is 0 Å². The molecule has 25 heavy (non-hydrogen) atoms. The van der Waals surface area contributed by atoms with Crippen LogP contribution in [-0.2, 0) is 4.57 Å². The first-order chi connectivity index (χ1) is 11.9. The van der Waals surface area contributed by atoms with Crippen molar-refractivity contribution in [2.24, 2.45) is 5.92 Å². The van der Waals surface area contributed by atoms with Crippen LogP contribution < -0.4 is 9.05 Å². The van der Waals surface area contributed by atoms with Crippen molar-refractivity contribution in [3.8, 4) is 11.5 Å². The lowest BCUT2D eigenvalue weighted by molar-refractivity contribution is -0.479. The van der Waals surface area contributed by atoms with Gasteiger partial charge < -0.3 is 9.05 Å². The highest BCUT2D eigenvalue weighted by molar-refractivity contribution is 7.55. The van der Waals surface area contributed by atoms with Crippen LogP contribution >= 0.6 is 7.60 Å². The van der Waals surface area contributed by atoms with Gasteiger partial charge in [-0.1, -0.05) is 50.2 Å². The lowest BCUT2D eigenvalue weighted by atomic mass is 10.1. The van der Waals surface area contributed by atoms with Gasteiger partial charge in [-0.05, 0) is 36.6 Å². The highest BCUT2D eigenvalue weighted by atomic mass is 31.2. The average molecular weight is 363 g/mol. The second kappa shape index (κ2) is 8.67. The molecule has 0 N–H and O–H groups in total. The van der Waals surface area contributed by atoms with Crippen molar-refractivity contribution in [2.45, 2.75) is 25.9 Å². The molecule has 0 spiro atoms. The van der Waals surface area contributed by atoms with E-state index in [9.17, 15) is 14.7 Å². The van der Waals surface area contributed by atoms with Crippen molar-refractivity contribution in [3.63, 3.8) is 0 Å². The molecule has 2 rings (SSSR count). The van der Waals surface area contributed by atoms with Crippen LogP contribution in [0.3, 0.4) is 0 Å². The molecule has 0 bridgehead atoms. The highest BCUT2D eigenvalue weighted by Crippen LogP contribution is 2.54. The zero-order valence-electron chi connectivity index (χ0n) is 14.3. The number of hydrogen-bond donors (Lipinski definition) is 0. The first-order valence-corrected chi connectivity index (χ1v) is 9.71. The summed E-state index contributed by atoms with van der Waals surface area (Å²) in [6, 6.07) is 17.2. The minimum Gasteiger partial charge on any atom is -0.416 e. The SMILES string of the molecule is CC(C)C[C@@H](C[N+](=O)[O-])P(=O)(Oc1ccccc1)Oc1ccccc1. The van der Waals surface area contributed by atoms with Gasteiger partial charge in [0.2, 0.25) is 6.54 Å². The molecule has 2 aromatic carbocycles. The van der Waals surface area contributed by atoms with Crippen molar-refractivity contribution < 1.29 is 18.5 Å². The van der Waals surface area contributed by atoms with Crippen LogP contribution in [-0.4, -0.2) is 17.1 Å². The third-order valence-corrected chi connectivity index (χ3v) is 5.70. The Kier molecular flexibility index (Phi) is 6.59. The van der Waals surface area contributed by atoms with Gasteiger partial charge in [0, 0.05) is 4.92 Å². The predicted molar refractivity (Wildman–Crippen MR) is 96.9 cm³/mol. The van der Waals surface area contributed by atoms with E-state index in [0.29, 0.717) is 17.9 Å². The van der Waals surface area contributed by atoms with E-state index in [0.717, 1.165) is 0 Å². The van der Waals surface area contributed by atoms with E-state index in [1.165, 1.54) is 0 Å². The second-order valence-corrected chi connectivity index (χ2v) is 8.32. The maximum atomic E-state index is 13.6. The average Bonchev–Trinajstić information content (AvgIpc) is 2.55. The van der Waals surface area contributed by atoms with Crippen LogP contribution in [0.2, 0.25) is 0 Å². The lowest BCUT2D eigenvalue weighted by Crippen LogP contribution is -2.26. The van der Waals surface area contributed by atoms with Crippen molar-refractivity contribution in [1.29, 1.82) is 0 Å². The molecule has 7 heteroatoms. The Labute approximate surface area is 147 Å². The minimum absolute atomic E-state index is 0.108. The zero-order valence-corrected chi connectivity index (χ0v) is 15.2. The summed E-state index contributed by atoms with van der Waals surface area (Å²) in [5.41, 5.74) is -0.845. The number of nitrogens with zero attached hydrogens (tertiary/aromatic N) is 1. The summed E-state index contributed by atoms with van der Waals surface area (Å²) >= 11 is 0. The quantitative estimate of drug-likeness (QED) is 0.355. The first kappa shape index (κ1) is 19.0. The summed E-state index contributed by atoms with van der Waals surface area (Å²) in [5.74, 6) is 0.828. The molecule has 0 unspecified atom stereocenters. The van der Waals surface area contributed by atoms with Crippen LogP contribution in [0.15, 0.2) is 60.7 Å². The number of nitro groups is 1. The lowest BCUT2D eigenvalue weighted by Gasteiger charge is -2.26. The molecule has 0 fully saturated rings. The fraction of sp³-hybridized carbons (Fsp3) is 0.333. The van der Waals surface area contributed by atoms with Crippen LogP contribution in [0, 0.1) is 16.0 Å². The molecule has 1 atom stereocenters. The second-order valence-electron chi connectivity index (χ2n) is 6.15. The molecule has 0 aliphatic heterocycles. The van der Waals surface area contributed by atoms with Gasteiger partial charge in [0.1, 0.15) is 17.2 Å². The van der Waals surface area contributed by atoms with Gasteiger partial charge in [0.05, 0.1) is 0 Å². The smallest absolute Gasteiger partial charge is 0.416 e. The Morgan fingerprint density at radius 1 is 0.960 bits per heavy atom. The van der Waals surface area contributed by atoms with E-state index in [-0.39, 0.29) is 5.92 Å². The van der Waals surface area contributed by atoms with Gasteiger partial charge in [-0.25, -0.2) is 4.57 Å². The monoisotopic (exact) mass is 363 g/mol. The van der Waals surface area contributed by atoms with E-state index in [4.69, 9.17) is 9.05 Å². The summed E-state index contributed by atoms with van der Waals surface area (Å²) in [6.45, 7) is 3.36. The standard InChI is InChI=1S/C18H22NO5P/c1-15(2)13-18(14-19(20)21)25(22,23-16-9-5-3-6-10-16)24-17-11-7-4-8-12-17/h3-12,15,18H,13-14H2,1-2H3/t18-/m0/s1. The van der Waals surface area contributed by atoms with Crippen LogP contribution in [0.25, 0.3) is 0 Å². The van der Waals surface area contributed by atoms with Crippen molar-refractivity contribution in [2.75, 3.05) is 6.54 Å². The molecule has 134 valence electrons. The first-order valence-electron chi connectivity index (χ1n) is 8.10. The molecule has 0 saturated carbocycles. The van der Waals surface area contributed by atoms with Crippen LogP contribution in [0.5, 0.6) is 11.5 Å². The normalized spacial score (nSPS) is 12.6. The van der Waals surface area contributed by atoms with Gasteiger partial charge >= 0.3 is 7.60 Å². The van der Waals surface area contributed by atoms with Crippen molar-refractivity contribution >= 4 is 7.60 Å². The summed E-state index contributed by atoms with van der Waals surface area (Å²) in [6.07, 6.45) is 0.359. The molecule has 0 radical (unpaired) electrons. The Balaban J connectivity index is 2.37. The molecule has 2 aromatic rings. The minimum atomic E-state index is -3.82. The van der Waals surface area contributed by atoms with E-state index in [1.807, 2.05) is 13.8 Å². The van der Waals surface area contributed by atoms with Gasteiger partial charge in [-0.15, -0.1) is 0 Å². The van der Waals surface area contributed by atoms with Crippen LogP contribution in [0.4, 0.5) is 0 Å². The molecular weight excluding hydrogens is 341 g/mol. The summed E-state index contributed by atoms with van der Waals surface area (Å²) in [7, 11) is -3.82. The number of benzene rings is 2. The summed E-state index contributed by atoms with van der Waals surface area (Å²) in [5, 5.41) is 11.1. The van der Waals surface area contributed by atoms with E-state index < -0.39 is 24.7 Å². The predicted octanol–water partition coefficient (Wildman–Crippen LogP) is 5.03. The third-order valence-electron chi connectivity index (χ3n) is 3.50. The number of hydrogen-bond acceptors (Lipinski definition) is 5. The van der Waals surface area contributed by atoms with E-state index in [2.05, 4.69) is 0 Å². The van der Waals surface area contributed by atoms with E-state index >= 15 is 0 Å². The Hall–Kier alpha value is -2.33. The van der Waals surface area contributed by atoms with Crippen molar-refractivity contribution in [3.05, 3.63) is 70.8 Å². The fourth-order valence-corrected chi connectivity index (χ4v) is 4.62. The number of rotatable bonds is 9. The largest absolute Gasteiger partial charge is 0.440 e. The van der Waals surface area contributed by atoms with Crippen LogP contribution in [0.1, 0.15) is 20.3 Å². The maximum Gasteiger partial charge on any atom is 0.440 e. The topological polar surface area (TPSA) is 78.7 Å². The van der Waals surface area contributed by atoms with Gasteiger partial charge in [-0.3, -0.25) is 10.1 Å². The molecule has 0 saturated heterocycles. The van der Waals surface area contributed by atoms with E-state index in [1.54, 1.807) is 60.7 Å². The third kappa shape index (κ3) is 5.91. The maximum absolute atomic E-state index is 13.6. The highest BCUT2D eigenvalue weighted by Gasteiger charge is 2.43. The zero-order chi connectivity index (χ0) is 18.3. The van der Waals surface area contributed by atoms with Gasteiger partial charge in [0.15, 0.2) is 0 Å². The number of para-hydroxylation sites is 2. The molecule has 0 amide bonds. The Morgan fingerprint density at radius 2 is 1.40 bits per heavy atom. The fourth-order valence-electron chi connectivity index (χ4n) is 2.44. The summed E-state index contributed by atoms with van der Waals surface area (Å²) < 4.78 is 25.0. The van der Waals surface area contributed by atoms with Gasteiger partial charge in [-0.2, -0.15) is 0 Å². The Bertz CT molecular complexity index is 675. The molecule has 0 aliphatic rings. The molecule has 6 nitrogen and oxygen atoms in total. The summed E-state index contributed by atoms with van der Waals surface area (Å²) in [4.78, 5) is 10.6. The molecular formula is C18H22NO5P.